The summed E-state index contributed by atoms with van der Waals surface area (Å²) in [7, 11) is 0. The normalized spacial score (nSPS) is 12.3. The summed E-state index contributed by atoms with van der Waals surface area (Å²) >= 11 is 17.4. The van der Waals surface area contributed by atoms with Crippen molar-refractivity contribution >= 4 is 40.7 Å². The average molecular weight is 312 g/mol. The maximum absolute atomic E-state index is 11.8. The molecule has 1 atom stereocenters. The number of carbonyl (C=O) groups is 1. The summed E-state index contributed by atoms with van der Waals surface area (Å²) < 4.78 is 0. The number of hydrogen-bond acceptors (Lipinski definition) is 3. The van der Waals surface area contributed by atoms with Crippen molar-refractivity contribution in [2.75, 3.05) is 6.54 Å². The zero-order valence-electron chi connectivity index (χ0n) is 9.71. The van der Waals surface area contributed by atoms with E-state index in [0.29, 0.717) is 19.4 Å². The fourth-order valence-electron chi connectivity index (χ4n) is 1.28. The highest BCUT2D eigenvalue weighted by atomic mass is 35.5. The predicted molar refractivity (Wildman–Crippen MR) is 72.5 cm³/mol. The van der Waals surface area contributed by atoms with E-state index < -0.39 is 5.91 Å². The standard InChI is InChI=1S/C11H13Cl3N2O2/c1-6(17)3-2-4-15-11(18)10-9(14)8(13)7(12)5-16-10/h5-6,17H,2-4H2,1H3,(H,15,18). The molecule has 18 heavy (non-hydrogen) atoms. The van der Waals surface area contributed by atoms with E-state index in [-0.39, 0.29) is 26.9 Å². The second-order valence-electron chi connectivity index (χ2n) is 3.83. The summed E-state index contributed by atoms with van der Waals surface area (Å²) in [5, 5.41) is 12.1. The molecule has 0 aliphatic heterocycles. The highest BCUT2D eigenvalue weighted by molar-refractivity contribution is 6.48. The van der Waals surface area contributed by atoms with Gasteiger partial charge < -0.3 is 10.4 Å². The fraction of sp³-hybridized carbons (Fsp3) is 0.455. The predicted octanol–water partition coefficient (Wildman–Crippen LogP) is 2.93. The van der Waals surface area contributed by atoms with Crippen molar-refractivity contribution in [3.05, 3.63) is 27.0 Å². The molecule has 0 aromatic carbocycles. The molecular weight excluding hydrogens is 298 g/mol. The maximum Gasteiger partial charge on any atom is 0.271 e. The minimum atomic E-state index is -0.413. The second kappa shape index (κ2) is 7.14. The number of halogens is 3. The SMILES string of the molecule is CC(O)CCCNC(=O)c1ncc(Cl)c(Cl)c1Cl. The van der Waals surface area contributed by atoms with E-state index in [4.69, 9.17) is 39.9 Å². The van der Waals surface area contributed by atoms with E-state index in [1.807, 2.05) is 0 Å². The highest BCUT2D eigenvalue weighted by Crippen LogP contribution is 2.30. The largest absolute Gasteiger partial charge is 0.393 e. The number of carbonyl (C=O) groups excluding carboxylic acids is 1. The Bertz CT molecular complexity index is 439. The molecule has 0 fully saturated rings. The molecule has 1 unspecified atom stereocenters. The first-order valence-electron chi connectivity index (χ1n) is 5.39. The number of rotatable bonds is 5. The van der Waals surface area contributed by atoms with Gasteiger partial charge in [0, 0.05) is 12.7 Å². The van der Waals surface area contributed by atoms with Gasteiger partial charge in [-0.3, -0.25) is 4.79 Å². The molecule has 0 spiro atoms. The van der Waals surface area contributed by atoms with Crippen molar-refractivity contribution in [2.45, 2.75) is 25.9 Å². The van der Waals surface area contributed by atoms with Crippen molar-refractivity contribution < 1.29 is 9.90 Å². The minimum absolute atomic E-state index is 0.0391. The first kappa shape index (κ1) is 15.5. The Morgan fingerprint density at radius 1 is 1.44 bits per heavy atom. The fourth-order valence-corrected chi connectivity index (χ4v) is 1.85. The Morgan fingerprint density at radius 2 is 2.11 bits per heavy atom. The number of amides is 1. The number of hydrogen-bond donors (Lipinski definition) is 2. The molecule has 0 aliphatic carbocycles. The monoisotopic (exact) mass is 310 g/mol. The quantitative estimate of drug-likeness (QED) is 0.822. The summed E-state index contributed by atoms with van der Waals surface area (Å²) in [5.74, 6) is -0.413. The molecule has 7 heteroatoms. The third-order valence-corrected chi connectivity index (χ3v) is 3.46. The van der Waals surface area contributed by atoms with Crippen LogP contribution in [-0.2, 0) is 0 Å². The van der Waals surface area contributed by atoms with Gasteiger partial charge in [-0.1, -0.05) is 34.8 Å². The molecule has 0 aliphatic rings. The molecule has 0 saturated heterocycles. The van der Waals surface area contributed by atoms with Crippen molar-refractivity contribution in [1.29, 1.82) is 0 Å². The van der Waals surface area contributed by atoms with Crippen LogP contribution in [0.1, 0.15) is 30.3 Å². The number of nitrogens with one attached hydrogen (secondary N) is 1. The molecular formula is C11H13Cl3N2O2. The van der Waals surface area contributed by atoms with Crippen LogP contribution in [0, 0.1) is 0 Å². The summed E-state index contributed by atoms with van der Waals surface area (Å²) in [4.78, 5) is 15.6. The van der Waals surface area contributed by atoms with Gasteiger partial charge in [0.25, 0.3) is 5.91 Å². The van der Waals surface area contributed by atoms with Crippen LogP contribution < -0.4 is 5.32 Å². The Kier molecular flexibility index (Phi) is 6.15. The zero-order valence-corrected chi connectivity index (χ0v) is 12.0. The number of aromatic nitrogens is 1. The van der Waals surface area contributed by atoms with E-state index in [2.05, 4.69) is 10.3 Å². The first-order chi connectivity index (χ1) is 8.43. The van der Waals surface area contributed by atoms with Gasteiger partial charge in [0.1, 0.15) is 5.69 Å². The van der Waals surface area contributed by atoms with Crippen LogP contribution in [0.25, 0.3) is 0 Å². The van der Waals surface area contributed by atoms with E-state index in [1.54, 1.807) is 6.92 Å². The van der Waals surface area contributed by atoms with Gasteiger partial charge in [-0.15, -0.1) is 0 Å². The lowest BCUT2D eigenvalue weighted by Gasteiger charge is -2.08. The average Bonchev–Trinajstić information content (AvgIpc) is 2.31. The Morgan fingerprint density at radius 3 is 2.72 bits per heavy atom. The van der Waals surface area contributed by atoms with Gasteiger partial charge in [-0.25, -0.2) is 4.98 Å². The Labute approximate surface area is 120 Å². The molecule has 4 nitrogen and oxygen atoms in total. The highest BCUT2D eigenvalue weighted by Gasteiger charge is 2.16. The number of nitrogens with zero attached hydrogens (tertiary/aromatic N) is 1. The van der Waals surface area contributed by atoms with Gasteiger partial charge in [-0.2, -0.15) is 0 Å². The van der Waals surface area contributed by atoms with E-state index in [9.17, 15) is 4.79 Å². The van der Waals surface area contributed by atoms with Crippen molar-refractivity contribution in [1.82, 2.24) is 10.3 Å². The lowest BCUT2D eigenvalue weighted by molar-refractivity contribution is 0.0945. The first-order valence-corrected chi connectivity index (χ1v) is 6.52. The molecule has 1 amide bonds. The smallest absolute Gasteiger partial charge is 0.271 e. The topological polar surface area (TPSA) is 62.2 Å². The van der Waals surface area contributed by atoms with Crippen LogP contribution in [0.3, 0.4) is 0 Å². The molecule has 1 aromatic rings. The van der Waals surface area contributed by atoms with Crippen LogP contribution in [0.4, 0.5) is 0 Å². The minimum Gasteiger partial charge on any atom is -0.393 e. The summed E-state index contributed by atoms with van der Waals surface area (Å²) in [6.07, 6.45) is 2.18. The lowest BCUT2D eigenvalue weighted by Crippen LogP contribution is -2.26. The molecule has 1 rings (SSSR count). The van der Waals surface area contributed by atoms with Crippen molar-refractivity contribution in [3.8, 4) is 0 Å². The summed E-state index contributed by atoms with van der Waals surface area (Å²) in [6, 6.07) is 0. The second-order valence-corrected chi connectivity index (χ2v) is 4.99. The lowest BCUT2D eigenvalue weighted by atomic mass is 10.2. The van der Waals surface area contributed by atoms with Gasteiger partial charge in [0.15, 0.2) is 0 Å². The Hall–Kier alpha value is -0.550. The van der Waals surface area contributed by atoms with E-state index in [0.717, 1.165) is 0 Å². The third-order valence-electron chi connectivity index (χ3n) is 2.22. The number of aliphatic hydroxyl groups is 1. The molecule has 0 radical (unpaired) electrons. The summed E-state index contributed by atoms with van der Waals surface area (Å²) in [6.45, 7) is 2.13. The molecule has 2 N–H and O–H groups in total. The van der Waals surface area contributed by atoms with Gasteiger partial charge in [0.2, 0.25) is 0 Å². The molecule has 100 valence electrons. The van der Waals surface area contributed by atoms with E-state index in [1.165, 1.54) is 6.20 Å². The van der Waals surface area contributed by atoms with Crippen LogP contribution in [0.5, 0.6) is 0 Å². The van der Waals surface area contributed by atoms with Gasteiger partial charge >= 0.3 is 0 Å². The zero-order chi connectivity index (χ0) is 13.7. The molecule has 1 aromatic heterocycles. The van der Waals surface area contributed by atoms with Gasteiger partial charge in [0.05, 0.1) is 21.2 Å². The van der Waals surface area contributed by atoms with Crippen LogP contribution in [0.15, 0.2) is 6.20 Å². The van der Waals surface area contributed by atoms with Gasteiger partial charge in [-0.05, 0) is 19.8 Å². The molecule has 0 bridgehead atoms. The summed E-state index contributed by atoms with van der Waals surface area (Å²) in [5.41, 5.74) is 0.0445. The maximum atomic E-state index is 11.8. The van der Waals surface area contributed by atoms with Crippen LogP contribution in [-0.4, -0.2) is 28.6 Å². The van der Waals surface area contributed by atoms with Crippen molar-refractivity contribution in [2.24, 2.45) is 0 Å². The Balaban J connectivity index is 2.60. The molecule has 0 saturated carbocycles. The molecule has 1 heterocycles. The number of aliphatic hydroxyl groups excluding tert-OH is 1. The van der Waals surface area contributed by atoms with Crippen molar-refractivity contribution in [3.63, 3.8) is 0 Å². The van der Waals surface area contributed by atoms with Crippen LogP contribution >= 0.6 is 34.8 Å². The van der Waals surface area contributed by atoms with E-state index >= 15 is 0 Å². The third kappa shape index (κ3) is 4.28. The van der Waals surface area contributed by atoms with Crippen LogP contribution in [0.2, 0.25) is 15.1 Å². The number of pyridine rings is 1.